The summed E-state index contributed by atoms with van der Waals surface area (Å²) < 4.78 is 0. The van der Waals surface area contributed by atoms with Gasteiger partial charge in [0.1, 0.15) is 0 Å². The van der Waals surface area contributed by atoms with E-state index in [2.05, 4.69) is 13.8 Å². The lowest BCUT2D eigenvalue weighted by Gasteiger charge is -2.31. The van der Waals surface area contributed by atoms with Crippen molar-refractivity contribution in [3.63, 3.8) is 0 Å². The van der Waals surface area contributed by atoms with Crippen LogP contribution in [0.3, 0.4) is 0 Å². The third-order valence-electron chi connectivity index (χ3n) is 2.85. The lowest BCUT2D eigenvalue weighted by Crippen LogP contribution is -2.45. The van der Waals surface area contributed by atoms with Crippen molar-refractivity contribution in [2.45, 2.75) is 45.6 Å². The summed E-state index contributed by atoms with van der Waals surface area (Å²) in [4.78, 5) is 13.0. The smallest absolute Gasteiger partial charge is 0.315 e. The zero-order chi connectivity index (χ0) is 9.84. The quantitative estimate of drug-likeness (QED) is 0.665. The van der Waals surface area contributed by atoms with Crippen molar-refractivity contribution in [2.75, 3.05) is 6.54 Å². The molecule has 1 rings (SSSR count). The van der Waals surface area contributed by atoms with Gasteiger partial charge in [0.15, 0.2) is 0 Å². The number of urea groups is 1. The minimum atomic E-state index is -0.249. The first-order valence-electron chi connectivity index (χ1n) is 5.19. The van der Waals surface area contributed by atoms with Crippen molar-refractivity contribution < 1.29 is 4.79 Å². The van der Waals surface area contributed by atoms with E-state index in [1.165, 1.54) is 12.8 Å². The van der Waals surface area contributed by atoms with Crippen molar-refractivity contribution in [2.24, 2.45) is 11.7 Å². The third kappa shape index (κ3) is 2.61. The summed E-state index contributed by atoms with van der Waals surface area (Å²) in [6.45, 7) is 5.16. The van der Waals surface area contributed by atoms with Gasteiger partial charge in [-0.25, -0.2) is 4.79 Å². The SMILES string of the molecule is CC(C)C1CCCCCN1C(N)=O. The summed E-state index contributed by atoms with van der Waals surface area (Å²) in [5, 5.41) is 0. The van der Waals surface area contributed by atoms with Gasteiger partial charge in [-0.15, -0.1) is 0 Å². The van der Waals surface area contributed by atoms with E-state index in [0.717, 1.165) is 19.4 Å². The topological polar surface area (TPSA) is 46.3 Å². The normalized spacial score (nSPS) is 24.5. The first kappa shape index (κ1) is 10.4. The Hall–Kier alpha value is -0.730. The van der Waals surface area contributed by atoms with Gasteiger partial charge in [0, 0.05) is 12.6 Å². The number of carbonyl (C=O) groups excluding carboxylic acids is 1. The third-order valence-corrected chi connectivity index (χ3v) is 2.85. The van der Waals surface area contributed by atoms with Crippen LogP contribution in [0.4, 0.5) is 4.79 Å². The number of nitrogens with zero attached hydrogens (tertiary/aromatic N) is 1. The Morgan fingerprint density at radius 3 is 2.62 bits per heavy atom. The molecule has 0 radical (unpaired) electrons. The number of hydrogen-bond acceptors (Lipinski definition) is 1. The zero-order valence-electron chi connectivity index (χ0n) is 8.62. The number of amides is 2. The first-order valence-corrected chi connectivity index (χ1v) is 5.19. The summed E-state index contributed by atoms with van der Waals surface area (Å²) >= 11 is 0. The van der Waals surface area contributed by atoms with Crippen LogP contribution in [-0.2, 0) is 0 Å². The van der Waals surface area contributed by atoms with E-state index in [1.807, 2.05) is 4.90 Å². The fourth-order valence-electron chi connectivity index (χ4n) is 2.10. The van der Waals surface area contributed by atoms with Crippen LogP contribution < -0.4 is 5.73 Å². The Morgan fingerprint density at radius 1 is 1.38 bits per heavy atom. The van der Waals surface area contributed by atoms with Crippen molar-refractivity contribution in [3.05, 3.63) is 0 Å². The number of carbonyl (C=O) groups is 1. The van der Waals surface area contributed by atoms with Crippen LogP contribution in [0.1, 0.15) is 39.5 Å². The molecule has 3 nitrogen and oxygen atoms in total. The van der Waals surface area contributed by atoms with Gasteiger partial charge in [0.25, 0.3) is 0 Å². The lowest BCUT2D eigenvalue weighted by atomic mass is 9.98. The van der Waals surface area contributed by atoms with Crippen LogP contribution in [0.2, 0.25) is 0 Å². The van der Waals surface area contributed by atoms with E-state index in [-0.39, 0.29) is 6.03 Å². The molecule has 1 unspecified atom stereocenters. The summed E-state index contributed by atoms with van der Waals surface area (Å²) in [6.07, 6.45) is 4.67. The summed E-state index contributed by atoms with van der Waals surface area (Å²) in [6, 6.07) is 0.112. The van der Waals surface area contributed by atoms with Gasteiger partial charge in [-0.3, -0.25) is 0 Å². The predicted octanol–water partition coefficient (Wildman–Crippen LogP) is 1.97. The fourth-order valence-corrected chi connectivity index (χ4v) is 2.10. The second-order valence-electron chi connectivity index (χ2n) is 4.19. The van der Waals surface area contributed by atoms with Crippen molar-refractivity contribution in [1.82, 2.24) is 4.90 Å². The molecule has 2 N–H and O–H groups in total. The standard InChI is InChI=1S/C10H20N2O/c1-8(2)9-6-4-3-5-7-12(9)10(11)13/h8-9H,3-7H2,1-2H3,(H2,11,13). The maximum atomic E-state index is 11.2. The molecule has 0 aromatic rings. The van der Waals surface area contributed by atoms with Crippen LogP contribution in [-0.4, -0.2) is 23.5 Å². The first-order chi connectivity index (χ1) is 6.13. The minimum Gasteiger partial charge on any atom is -0.351 e. The number of rotatable bonds is 1. The molecule has 0 aromatic carbocycles. The minimum absolute atomic E-state index is 0.249. The molecule has 76 valence electrons. The second kappa shape index (κ2) is 4.49. The Kier molecular flexibility index (Phi) is 3.58. The van der Waals surface area contributed by atoms with Crippen LogP contribution in [0, 0.1) is 5.92 Å². The Balaban J connectivity index is 2.66. The van der Waals surface area contributed by atoms with Gasteiger partial charge in [-0.2, -0.15) is 0 Å². The van der Waals surface area contributed by atoms with E-state index >= 15 is 0 Å². The Morgan fingerprint density at radius 2 is 2.08 bits per heavy atom. The number of primary amides is 1. The molecule has 3 heteroatoms. The number of likely N-dealkylation sites (tertiary alicyclic amines) is 1. The maximum Gasteiger partial charge on any atom is 0.315 e. The summed E-state index contributed by atoms with van der Waals surface area (Å²) in [5.41, 5.74) is 5.35. The highest BCUT2D eigenvalue weighted by Gasteiger charge is 2.25. The Bertz CT molecular complexity index is 180. The van der Waals surface area contributed by atoms with Gasteiger partial charge < -0.3 is 10.6 Å². The van der Waals surface area contributed by atoms with Crippen LogP contribution in [0.25, 0.3) is 0 Å². The largest absolute Gasteiger partial charge is 0.351 e. The molecule has 13 heavy (non-hydrogen) atoms. The van der Waals surface area contributed by atoms with Gasteiger partial charge in [0.05, 0.1) is 0 Å². The van der Waals surface area contributed by atoms with Crippen LogP contribution in [0.5, 0.6) is 0 Å². The molecule has 1 aliphatic rings. The molecular formula is C10H20N2O. The molecule has 1 heterocycles. The van der Waals surface area contributed by atoms with E-state index in [0.29, 0.717) is 12.0 Å². The molecule has 0 aromatic heterocycles. The van der Waals surface area contributed by atoms with Gasteiger partial charge in [-0.05, 0) is 18.8 Å². The van der Waals surface area contributed by atoms with E-state index in [1.54, 1.807) is 0 Å². The molecule has 1 aliphatic heterocycles. The molecule has 0 saturated carbocycles. The maximum absolute atomic E-state index is 11.2. The zero-order valence-corrected chi connectivity index (χ0v) is 8.62. The van der Waals surface area contributed by atoms with Crippen LogP contribution >= 0.6 is 0 Å². The highest BCUT2D eigenvalue weighted by atomic mass is 16.2. The monoisotopic (exact) mass is 184 g/mol. The van der Waals surface area contributed by atoms with Gasteiger partial charge >= 0.3 is 6.03 Å². The van der Waals surface area contributed by atoms with Crippen molar-refractivity contribution in [3.8, 4) is 0 Å². The number of nitrogens with two attached hydrogens (primary N) is 1. The van der Waals surface area contributed by atoms with Gasteiger partial charge in [0.2, 0.25) is 0 Å². The summed E-state index contributed by atoms with van der Waals surface area (Å²) in [7, 11) is 0. The van der Waals surface area contributed by atoms with Gasteiger partial charge in [-0.1, -0.05) is 26.7 Å². The van der Waals surface area contributed by atoms with Crippen molar-refractivity contribution >= 4 is 6.03 Å². The highest BCUT2D eigenvalue weighted by Crippen LogP contribution is 2.21. The fraction of sp³-hybridized carbons (Fsp3) is 0.900. The van der Waals surface area contributed by atoms with E-state index in [9.17, 15) is 4.79 Å². The molecule has 0 spiro atoms. The molecule has 2 amide bonds. The van der Waals surface area contributed by atoms with E-state index in [4.69, 9.17) is 5.73 Å². The molecular weight excluding hydrogens is 164 g/mol. The van der Waals surface area contributed by atoms with Crippen molar-refractivity contribution in [1.29, 1.82) is 0 Å². The van der Waals surface area contributed by atoms with E-state index < -0.39 is 0 Å². The average Bonchev–Trinajstić information content (AvgIpc) is 2.27. The Labute approximate surface area is 80.3 Å². The molecule has 0 bridgehead atoms. The number of hydrogen-bond donors (Lipinski definition) is 1. The molecule has 1 saturated heterocycles. The molecule has 0 aliphatic carbocycles. The average molecular weight is 184 g/mol. The lowest BCUT2D eigenvalue weighted by molar-refractivity contribution is 0.164. The predicted molar refractivity (Wildman–Crippen MR) is 53.4 cm³/mol. The van der Waals surface area contributed by atoms with Crippen LogP contribution in [0.15, 0.2) is 0 Å². The highest BCUT2D eigenvalue weighted by molar-refractivity contribution is 5.72. The molecule has 1 atom stereocenters. The molecule has 1 fully saturated rings. The second-order valence-corrected chi connectivity index (χ2v) is 4.19. The summed E-state index contributed by atoms with van der Waals surface area (Å²) in [5.74, 6) is 0.519.